The average molecular weight is 314 g/mol. The van der Waals surface area contributed by atoms with Gasteiger partial charge in [-0.15, -0.1) is 0 Å². The summed E-state index contributed by atoms with van der Waals surface area (Å²) in [6.07, 6.45) is 2.20. The van der Waals surface area contributed by atoms with Gasteiger partial charge in [0, 0.05) is 29.9 Å². The molecule has 1 aromatic heterocycles. The molecule has 0 radical (unpaired) electrons. The minimum atomic E-state index is -0.248. The Morgan fingerprint density at radius 2 is 1.78 bits per heavy atom. The predicted molar refractivity (Wildman–Crippen MR) is 90.9 cm³/mol. The lowest BCUT2D eigenvalue weighted by atomic mass is 9.97. The van der Waals surface area contributed by atoms with Crippen molar-refractivity contribution >= 4 is 5.82 Å². The van der Waals surface area contributed by atoms with Crippen LogP contribution in [0.5, 0.6) is 0 Å². The van der Waals surface area contributed by atoms with Crippen LogP contribution in [0.15, 0.2) is 24.3 Å². The van der Waals surface area contributed by atoms with Crippen LogP contribution in [-0.4, -0.2) is 29.6 Å². The zero-order valence-corrected chi connectivity index (χ0v) is 13.7. The number of aromatic nitrogens is 2. The standard InChI is InChI=1S/C18H23FN4/c1-12-13(2)21-17(15-3-5-16(19)6-4-15)22-18(12)23-9-7-14(11-20)8-10-23/h3-6,14H,7-11,20H2,1-2H3. The van der Waals surface area contributed by atoms with Gasteiger partial charge in [-0.3, -0.25) is 0 Å². The maximum atomic E-state index is 13.1. The molecule has 3 rings (SSSR count). The van der Waals surface area contributed by atoms with Crippen molar-refractivity contribution in [1.82, 2.24) is 9.97 Å². The maximum absolute atomic E-state index is 13.1. The highest BCUT2D eigenvalue weighted by Gasteiger charge is 2.22. The molecule has 0 bridgehead atoms. The Bertz CT molecular complexity index is 676. The van der Waals surface area contributed by atoms with E-state index >= 15 is 0 Å². The Labute approximate surface area is 136 Å². The number of hydrogen-bond acceptors (Lipinski definition) is 4. The number of anilines is 1. The first-order valence-corrected chi connectivity index (χ1v) is 8.14. The van der Waals surface area contributed by atoms with E-state index in [1.165, 1.54) is 12.1 Å². The molecule has 2 heterocycles. The summed E-state index contributed by atoms with van der Waals surface area (Å²) < 4.78 is 13.1. The van der Waals surface area contributed by atoms with Gasteiger partial charge in [0.1, 0.15) is 11.6 Å². The molecule has 1 aliphatic rings. The fourth-order valence-electron chi connectivity index (χ4n) is 3.03. The Kier molecular flexibility index (Phi) is 4.57. The smallest absolute Gasteiger partial charge is 0.161 e. The van der Waals surface area contributed by atoms with Crippen molar-refractivity contribution in [3.8, 4) is 11.4 Å². The van der Waals surface area contributed by atoms with Gasteiger partial charge in [-0.2, -0.15) is 0 Å². The summed E-state index contributed by atoms with van der Waals surface area (Å²) in [5, 5.41) is 0. The first kappa shape index (κ1) is 15.9. The minimum Gasteiger partial charge on any atom is -0.356 e. The van der Waals surface area contributed by atoms with Crippen LogP contribution in [-0.2, 0) is 0 Å². The summed E-state index contributed by atoms with van der Waals surface area (Å²) in [6.45, 7) is 6.77. The van der Waals surface area contributed by atoms with Crippen molar-refractivity contribution in [3.63, 3.8) is 0 Å². The number of benzene rings is 1. The van der Waals surface area contributed by atoms with Gasteiger partial charge in [-0.1, -0.05) is 0 Å². The van der Waals surface area contributed by atoms with Crippen molar-refractivity contribution < 1.29 is 4.39 Å². The fourth-order valence-corrected chi connectivity index (χ4v) is 3.03. The molecule has 0 atom stereocenters. The third-order valence-corrected chi connectivity index (χ3v) is 4.71. The number of nitrogens with zero attached hydrogens (tertiary/aromatic N) is 3. The first-order valence-electron chi connectivity index (χ1n) is 8.14. The van der Waals surface area contributed by atoms with Gasteiger partial charge >= 0.3 is 0 Å². The highest BCUT2D eigenvalue weighted by molar-refractivity contribution is 5.60. The van der Waals surface area contributed by atoms with Crippen LogP contribution in [0.1, 0.15) is 24.1 Å². The van der Waals surface area contributed by atoms with Crippen LogP contribution >= 0.6 is 0 Å². The van der Waals surface area contributed by atoms with Crippen LogP contribution in [0.25, 0.3) is 11.4 Å². The lowest BCUT2D eigenvalue weighted by molar-refractivity contribution is 0.412. The van der Waals surface area contributed by atoms with Crippen molar-refractivity contribution in [2.75, 3.05) is 24.5 Å². The molecule has 1 aromatic carbocycles. The van der Waals surface area contributed by atoms with Crippen molar-refractivity contribution in [2.45, 2.75) is 26.7 Å². The molecule has 1 fully saturated rings. The van der Waals surface area contributed by atoms with E-state index in [0.29, 0.717) is 11.7 Å². The molecule has 122 valence electrons. The second kappa shape index (κ2) is 6.62. The predicted octanol–water partition coefficient (Wildman–Crippen LogP) is 3.07. The highest BCUT2D eigenvalue weighted by Crippen LogP contribution is 2.28. The molecular weight excluding hydrogens is 291 g/mol. The van der Waals surface area contributed by atoms with E-state index in [0.717, 1.165) is 55.1 Å². The van der Waals surface area contributed by atoms with Crippen LogP contribution in [0.4, 0.5) is 10.2 Å². The topological polar surface area (TPSA) is 55.0 Å². The van der Waals surface area contributed by atoms with E-state index < -0.39 is 0 Å². The molecule has 5 heteroatoms. The number of hydrogen-bond donors (Lipinski definition) is 1. The summed E-state index contributed by atoms with van der Waals surface area (Å²) in [4.78, 5) is 11.7. The molecular formula is C18H23FN4. The Balaban J connectivity index is 1.93. The molecule has 2 N–H and O–H groups in total. The van der Waals surface area contributed by atoms with Crippen LogP contribution in [0.2, 0.25) is 0 Å². The van der Waals surface area contributed by atoms with E-state index in [9.17, 15) is 4.39 Å². The molecule has 0 saturated carbocycles. The van der Waals surface area contributed by atoms with Gasteiger partial charge in [0.2, 0.25) is 0 Å². The van der Waals surface area contributed by atoms with Crippen LogP contribution in [0, 0.1) is 25.6 Å². The zero-order valence-electron chi connectivity index (χ0n) is 13.7. The van der Waals surface area contributed by atoms with E-state index in [2.05, 4.69) is 16.8 Å². The first-order chi connectivity index (χ1) is 11.1. The Hall–Kier alpha value is -2.01. The van der Waals surface area contributed by atoms with E-state index in [4.69, 9.17) is 10.7 Å². The fraction of sp³-hybridized carbons (Fsp3) is 0.444. The Morgan fingerprint density at radius 1 is 1.13 bits per heavy atom. The molecule has 0 amide bonds. The van der Waals surface area contributed by atoms with Gasteiger partial charge in [0.15, 0.2) is 5.82 Å². The molecule has 0 aliphatic carbocycles. The SMILES string of the molecule is Cc1nc(-c2ccc(F)cc2)nc(N2CCC(CN)CC2)c1C. The van der Waals surface area contributed by atoms with Crippen LogP contribution in [0.3, 0.4) is 0 Å². The van der Waals surface area contributed by atoms with Crippen LogP contribution < -0.4 is 10.6 Å². The monoisotopic (exact) mass is 314 g/mol. The zero-order chi connectivity index (χ0) is 16.4. The van der Waals surface area contributed by atoms with Crippen molar-refractivity contribution in [3.05, 3.63) is 41.3 Å². The lowest BCUT2D eigenvalue weighted by Crippen LogP contribution is -2.37. The second-order valence-corrected chi connectivity index (χ2v) is 6.25. The molecule has 0 unspecified atom stereocenters. The number of nitrogens with two attached hydrogens (primary N) is 1. The number of halogens is 1. The van der Waals surface area contributed by atoms with Gasteiger partial charge in [0.25, 0.3) is 0 Å². The van der Waals surface area contributed by atoms with Gasteiger partial charge in [-0.25, -0.2) is 14.4 Å². The molecule has 23 heavy (non-hydrogen) atoms. The average Bonchev–Trinajstić information content (AvgIpc) is 2.58. The van der Waals surface area contributed by atoms with Crippen molar-refractivity contribution in [1.29, 1.82) is 0 Å². The highest BCUT2D eigenvalue weighted by atomic mass is 19.1. The normalized spacial score (nSPS) is 15.9. The summed E-state index contributed by atoms with van der Waals surface area (Å²) >= 11 is 0. The number of rotatable bonds is 3. The maximum Gasteiger partial charge on any atom is 0.161 e. The quantitative estimate of drug-likeness (QED) is 0.946. The van der Waals surface area contributed by atoms with E-state index in [1.807, 2.05) is 6.92 Å². The largest absolute Gasteiger partial charge is 0.356 e. The van der Waals surface area contributed by atoms with Gasteiger partial charge < -0.3 is 10.6 Å². The summed E-state index contributed by atoms with van der Waals surface area (Å²) in [7, 11) is 0. The van der Waals surface area contributed by atoms with Gasteiger partial charge in [0.05, 0.1) is 0 Å². The molecule has 0 spiro atoms. The third-order valence-electron chi connectivity index (χ3n) is 4.71. The summed E-state index contributed by atoms with van der Waals surface area (Å²) in [6, 6.07) is 6.34. The van der Waals surface area contributed by atoms with E-state index in [1.54, 1.807) is 12.1 Å². The molecule has 2 aromatic rings. The molecule has 4 nitrogen and oxygen atoms in total. The Morgan fingerprint density at radius 3 is 2.39 bits per heavy atom. The van der Waals surface area contributed by atoms with Crippen molar-refractivity contribution in [2.24, 2.45) is 11.7 Å². The molecule has 1 saturated heterocycles. The summed E-state index contributed by atoms with van der Waals surface area (Å²) in [5.41, 5.74) is 8.70. The molecule has 1 aliphatic heterocycles. The summed E-state index contributed by atoms with van der Waals surface area (Å²) in [5.74, 6) is 2.02. The number of piperidine rings is 1. The minimum absolute atomic E-state index is 0.248. The number of aryl methyl sites for hydroxylation is 1. The lowest BCUT2D eigenvalue weighted by Gasteiger charge is -2.33. The van der Waals surface area contributed by atoms with E-state index in [-0.39, 0.29) is 5.82 Å². The second-order valence-electron chi connectivity index (χ2n) is 6.25. The third kappa shape index (κ3) is 3.34. The van der Waals surface area contributed by atoms with Gasteiger partial charge in [-0.05, 0) is 63.4 Å².